The Balaban J connectivity index is 1.46. The molecular weight excluding hydrogens is 372 g/mol. The van der Waals surface area contributed by atoms with Gasteiger partial charge in [-0.3, -0.25) is 9.36 Å². The van der Waals surface area contributed by atoms with Crippen LogP contribution in [0.4, 0.5) is 0 Å². The SMILES string of the molecule is CCc1ccc(-c2noc(Cn3cnc4sc5c(c4c3=O)CCCC5)n2)cc1. The molecule has 0 amide bonds. The summed E-state index contributed by atoms with van der Waals surface area (Å²) in [7, 11) is 0. The first kappa shape index (κ1) is 17.3. The lowest BCUT2D eigenvalue weighted by Gasteiger charge is -2.10. The van der Waals surface area contributed by atoms with Gasteiger partial charge < -0.3 is 4.52 Å². The van der Waals surface area contributed by atoms with Crippen molar-refractivity contribution in [1.82, 2.24) is 19.7 Å². The van der Waals surface area contributed by atoms with E-state index in [1.165, 1.54) is 22.4 Å². The van der Waals surface area contributed by atoms with E-state index in [9.17, 15) is 4.79 Å². The van der Waals surface area contributed by atoms with Crippen molar-refractivity contribution in [2.45, 2.75) is 45.6 Å². The van der Waals surface area contributed by atoms with E-state index >= 15 is 0 Å². The van der Waals surface area contributed by atoms with Crippen LogP contribution in [0.5, 0.6) is 0 Å². The number of nitrogens with zero attached hydrogens (tertiary/aromatic N) is 4. The number of hydrogen-bond donors (Lipinski definition) is 0. The molecule has 142 valence electrons. The zero-order valence-electron chi connectivity index (χ0n) is 15.6. The summed E-state index contributed by atoms with van der Waals surface area (Å²) in [5.74, 6) is 0.939. The normalized spacial score (nSPS) is 13.8. The minimum absolute atomic E-state index is 0.0172. The topological polar surface area (TPSA) is 73.8 Å². The molecule has 6 nitrogen and oxygen atoms in total. The smallest absolute Gasteiger partial charge is 0.262 e. The van der Waals surface area contributed by atoms with Crippen molar-refractivity contribution in [3.8, 4) is 11.4 Å². The highest BCUT2D eigenvalue weighted by molar-refractivity contribution is 7.18. The molecule has 0 bridgehead atoms. The monoisotopic (exact) mass is 392 g/mol. The van der Waals surface area contributed by atoms with Crippen LogP contribution in [0.1, 0.15) is 41.7 Å². The van der Waals surface area contributed by atoms with Crippen LogP contribution < -0.4 is 5.56 Å². The second-order valence-corrected chi connectivity index (χ2v) is 8.21. The summed E-state index contributed by atoms with van der Waals surface area (Å²) >= 11 is 1.66. The average Bonchev–Trinajstić information content (AvgIpc) is 3.35. The summed E-state index contributed by atoms with van der Waals surface area (Å²) in [4.78, 5) is 24.2. The minimum atomic E-state index is -0.0172. The van der Waals surface area contributed by atoms with Gasteiger partial charge >= 0.3 is 0 Å². The molecule has 1 aliphatic carbocycles. The van der Waals surface area contributed by atoms with Crippen LogP contribution in [-0.4, -0.2) is 19.7 Å². The number of rotatable bonds is 4. The van der Waals surface area contributed by atoms with Crippen molar-refractivity contribution in [3.63, 3.8) is 0 Å². The van der Waals surface area contributed by atoms with Crippen molar-refractivity contribution in [1.29, 1.82) is 0 Å². The summed E-state index contributed by atoms with van der Waals surface area (Å²) in [6.07, 6.45) is 6.93. The predicted molar refractivity (Wildman–Crippen MR) is 109 cm³/mol. The molecule has 7 heteroatoms. The van der Waals surface area contributed by atoms with E-state index in [4.69, 9.17) is 4.52 Å². The first-order valence-corrected chi connectivity index (χ1v) is 10.5. The molecule has 5 rings (SSSR count). The van der Waals surface area contributed by atoms with Crippen molar-refractivity contribution in [2.75, 3.05) is 0 Å². The van der Waals surface area contributed by atoms with Gasteiger partial charge in [-0.15, -0.1) is 11.3 Å². The maximum absolute atomic E-state index is 13.1. The Bertz CT molecular complexity index is 1200. The van der Waals surface area contributed by atoms with Crippen LogP contribution in [0.15, 0.2) is 39.9 Å². The number of fused-ring (bicyclic) bond motifs is 3. The third kappa shape index (κ3) is 2.96. The second kappa shape index (κ2) is 6.98. The van der Waals surface area contributed by atoms with Gasteiger partial charge in [-0.1, -0.05) is 36.3 Å². The molecule has 0 aliphatic heterocycles. The molecule has 0 atom stereocenters. The number of aromatic nitrogens is 4. The lowest BCUT2D eigenvalue weighted by Crippen LogP contribution is -2.21. The molecule has 0 fully saturated rings. The molecule has 0 saturated heterocycles. The molecule has 0 spiro atoms. The molecule has 0 saturated carbocycles. The molecule has 3 heterocycles. The van der Waals surface area contributed by atoms with Crippen molar-refractivity contribution >= 4 is 21.6 Å². The van der Waals surface area contributed by atoms with Crippen molar-refractivity contribution in [3.05, 3.63) is 62.8 Å². The van der Waals surface area contributed by atoms with Gasteiger partial charge in [-0.2, -0.15) is 4.98 Å². The van der Waals surface area contributed by atoms with Crippen LogP contribution in [0.2, 0.25) is 0 Å². The Morgan fingerprint density at radius 2 is 2.00 bits per heavy atom. The molecule has 0 unspecified atom stereocenters. The summed E-state index contributed by atoms with van der Waals surface area (Å²) in [5, 5.41) is 4.85. The van der Waals surface area contributed by atoms with Crippen molar-refractivity contribution in [2.24, 2.45) is 0 Å². The summed E-state index contributed by atoms with van der Waals surface area (Å²) < 4.78 is 6.97. The Kier molecular flexibility index (Phi) is 4.31. The fourth-order valence-corrected chi connectivity index (χ4v) is 4.98. The third-order valence-corrected chi connectivity index (χ3v) is 6.54. The number of benzene rings is 1. The highest BCUT2D eigenvalue weighted by Crippen LogP contribution is 2.33. The van der Waals surface area contributed by atoms with E-state index in [0.29, 0.717) is 11.7 Å². The molecule has 0 N–H and O–H groups in total. The maximum Gasteiger partial charge on any atom is 0.262 e. The Hall–Kier alpha value is -2.80. The quantitative estimate of drug-likeness (QED) is 0.525. The van der Waals surface area contributed by atoms with E-state index in [0.717, 1.165) is 41.5 Å². The van der Waals surface area contributed by atoms with Crippen LogP contribution in [0.3, 0.4) is 0 Å². The fraction of sp³-hybridized carbons (Fsp3) is 0.333. The molecule has 3 aromatic heterocycles. The maximum atomic E-state index is 13.1. The first-order chi connectivity index (χ1) is 13.7. The standard InChI is InChI=1S/C21H20N4O2S/c1-2-13-7-9-14(10-8-13)19-23-17(27-24-19)11-25-12-22-20-18(21(25)26)15-5-3-4-6-16(15)28-20/h7-10,12H,2-6,11H2,1H3. The van der Waals surface area contributed by atoms with Crippen LogP contribution >= 0.6 is 11.3 Å². The van der Waals surface area contributed by atoms with Gasteiger partial charge in [-0.25, -0.2) is 4.98 Å². The Labute approximate surface area is 165 Å². The second-order valence-electron chi connectivity index (χ2n) is 7.13. The number of thiophene rings is 1. The lowest BCUT2D eigenvalue weighted by atomic mass is 9.97. The van der Waals surface area contributed by atoms with E-state index in [1.807, 2.05) is 12.1 Å². The minimum Gasteiger partial charge on any atom is -0.337 e. The summed E-state index contributed by atoms with van der Waals surface area (Å²) in [6.45, 7) is 2.35. The highest BCUT2D eigenvalue weighted by Gasteiger charge is 2.20. The van der Waals surface area contributed by atoms with E-state index in [1.54, 1.807) is 22.2 Å². The van der Waals surface area contributed by atoms with Crippen LogP contribution in [-0.2, 0) is 25.8 Å². The summed E-state index contributed by atoms with van der Waals surface area (Å²) in [5.41, 5.74) is 3.34. The van der Waals surface area contributed by atoms with E-state index in [-0.39, 0.29) is 12.1 Å². The van der Waals surface area contributed by atoms with Gasteiger partial charge in [0.25, 0.3) is 5.56 Å². The van der Waals surface area contributed by atoms with Gasteiger partial charge in [0.1, 0.15) is 11.4 Å². The fourth-order valence-electron chi connectivity index (χ4n) is 3.77. The summed E-state index contributed by atoms with van der Waals surface area (Å²) in [6, 6.07) is 8.11. The van der Waals surface area contributed by atoms with Gasteiger partial charge in [-0.05, 0) is 43.2 Å². The van der Waals surface area contributed by atoms with E-state index in [2.05, 4.69) is 34.2 Å². The lowest BCUT2D eigenvalue weighted by molar-refractivity contribution is 0.369. The van der Waals surface area contributed by atoms with Crippen LogP contribution in [0.25, 0.3) is 21.6 Å². The number of aryl methyl sites for hydroxylation is 3. The highest BCUT2D eigenvalue weighted by atomic mass is 32.1. The van der Waals surface area contributed by atoms with E-state index < -0.39 is 0 Å². The molecule has 4 aromatic rings. The third-order valence-electron chi connectivity index (χ3n) is 5.34. The van der Waals surface area contributed by atoms with Gasteiger partial charge in [0, 0.05) is 10.4 Å². The van der Waals surface area contributed by atoms with Gasteiger partial charge in [0.15, 0.2) is 0 Å². The Morgan fingerprint density at radius 1 is 1.18 bits per heavy atom. The Morgan fingerprint density at radius 3 is 2.82 bits per heavy atom. The predicted octanol–water partition coefficient (Wildman–Crippen LogP) is 4.00. The molecular formula is C21H20N4O2S. The first-order valence-electron chi connectivity index (χ1n) is 9.64. The average molecular weight is 392 g/mol. The molecule has 28 heavy (non-hydrogen) atoms. The largest absolute Gasteiger partial charge is 0.337 e. The zero-order valence-corrected chi connectivity index (χ0v) is 16.5. The molecule has 1 aliphatic rings. The van der Waals surface area contributed by atoms with Gasteiger partial charge in [0.2, 0.25) is 11.7 Å². The van der Waals surface area contributed by atoms with Gasteiger partial charge in [0.05, 0.1) is 11.7 Å². The molecule has 0 radical (unpaired) electrons. The molecule has 1 aromatic carbocycles. The zero-order chi connectivity index (χ0) is 19.1. The van der Waals surface area contributed by atoms with Crippen LogP contribution in [0, 0.1) is 0 Å². The van der Waals surface area contributed by atoms with Crippen molar-refractivity contribution < 1.29 is 4.52 Å². The number of hydrogen-bond acceptors (Lipinski definition) is 6.